The second kappa shape index (κ2) is 14.3. The molecule has 0 spiro atoms. The number of benzene rings is 2. The summed E-state index contributed by atoms with van der Waals surface area (Å²) >= 11 is 2.58. The lowest BCUT2D eigenvalue weighted by Crippen LogP contribution is -2.39. The van der Waals surface area contributed by atoms with Gasteiger partial charge in [-0.2, -0.15) is 0 Å². The molecule has 0 radical (unpaired) electrons. The highest BCUT2D eigenvalue weighted by atomic mass is 32.1. The molecule has 0 aliphatic carbocycles. The van der Waals surface area contributed by atoms with Crippen LogP contribution in [0.4, 0.5) is 21.0 Å². The molecule has 274 valence electrons. The number of thiazole rings is 2. The van der Waals surface area contributed by atoms with E-state index in [1.54, 1.807) is 9.80 Å². The third kappa shape index (κ3) is 8.28. The van der Waals surface area contributed by atoms with Crippen molar-refractivity contribution >= 4 is 58.0 Å². The van der Waals surface area contributed by atoms with Gasteiger partial charge in [0.15, 0.2) is 10.0 Å². The number of hydrogen-bond donors (Lipinski definition) is 2. The molecule has 14 heteroatoms. The van der Waals surface area contributed by atoms with Gasteiger partial charge in [-0.15, -0.1) is 22.7 Å². The lowest BCUT2D eigenvalue weighted by Gasteiger charge is -2.29. The van der Waals surface area contributed by atoms with Crippen molar-refractivity contribution in [3.05, 3.63) is 78.7 Å². The first-order chi connectivity index (χ1) is 24.5. The van der Waals surface area contributed by atoms with Crippen LogP contribution < -0.4 is 10.6 Å². The fraction of sp³-hybridized carbons (Fsp3) is 0.421. The summed E-state index contributed by atoms with van der Waals surface area (Å²) in [4.78, 5) is 66.4. The minimum Gasteiger partial charge on any atom is -0.444 e. The highest BCUT2D eigenvalue weighted by molar-refractivity contribution is 7.14. The van der Waals surface area contributed by atoms with Crippen molar-refractivity contribution in [1.82, 2.24) is 19.8 Å². The van der Waals surface area contributed by atoms with Gasteiger partial charge in [0.25, 0.3) is 11.8 Å². The van der Waals surface area contributed by atoms with Gasteiger partial charge in [-0.25, -0.2) is 19.6 Å². The Hall–Kier alpha value is -4.82. The molecule has 2 aliphatic heterocycles. The second-order valence-corrected chi connectivity index (χ2v) is 17.1. The molecule has 4 aromatic rings. The van der Waals surface area contributed by atoms with E-state index in [9.17, 15) is 19.2 Å². The number of rotatable bonds is 5. The summed E-state index contributed by atoms with van der Waals surface area (Å²) in [5.41, 5.74) is 5.31. The van der Waals surface area contributed by atoms with E-state index in [2.05, 4.69) is 20.6 Å². The molecule has 2 aromatic carbocycles. The zero-order chi connectivity index (χ0) is 37.5. The van der Waals surface area contributed by atoms with Crippen LogP contribution in [0.2, 0.25) is 0 Å². The maximum atomic E-state index is 13.4. The summed E-state index contributed by atoms with van der Waals surface area (Å²) < 4.78 is 11.1. The van der Waals surface area contributed by atoms with Crippen molar-refractivity contribution in [3.8, 4) is 11.1 Å². The maximum Gasteiger partial charge on any atom is 0.410 e. The third-order valence-electron chi connectivity index (χ3n) is 8.61. The zero-order valence-electron chi connectivity index (χ0n) is 30.8. The fourth-order valence-corrected chi connectivity index (χ4v) is 8.06. The summed E-state index contributed by atoms with van der Waals surface area (Å²) in [5.74, 6) is -0.636. The van der Waals surface area contributed by atoms with Crippen LogP contribution in [-0.2, 0) is 35.4 Å². The highest BCUT2D eigenvalue weighted by Gasteiger charge is 2.31. The Labute approximate surface area is 311 Å². The Balaban J connectivity index is 1.14. The minimum atomic E-state index is -0.590. The summed E-state index contributed by atoms with van der Waals surface area (Å²) in [6.45, 7) is 16.6. The van der Waals surface area contributed by atoms with Gasteiger partial charge < -0.3 is 29.9 Å². The molecule has 6 rings (SSSR count). The molecule has 4 heterocycles. The van der Waals surface area contributed by atoms with E-state index < -0.39 is 11.2 Å². The van der Waals surface area contributed by atoms with Crippen molar-refractivity contribution in [2.45, 2.75) is 92.5 Å². The Kier molecular flexibility index (Phi) is 10.2. The maximum absolute atomic E-state index is 13.4. The first-order valence-corrected chi connectivity index (χ1v) is 18.8. The largest absolute Gasteiger partial charge is 0.444 e. The smallest absolute Gasteiger partial charge is 0.410 e. The van der Waals surface area contributed by atoms with E-state index in [0.29, 0.717) is 60.4 Å². The Morgan fingerprint density at radius 1 is 0.654 bits per heavy atom. The van der Waals surface area contributed by atoms with Crippen LogP contribution in [0.5, 0.6) is 0 Å². The van der Waals surface area contributed by atoms with Gasteiger partial charge in [-0.3, -0.25) is 9.59 Å². The molecule has 0 bridgehead atoms. The van der Waals surface area contributed by atoms with Crippen LogP contribution in [0.1, 0.15) is 93.4 Å². The molecule has 0 fully saturated rings. The predicted molar refractivity (Wildman–Crippen MR) is 202 cm³/mol. The van der Waals surface area contributed by atoms with Crippen molar-refractivity contribution in [3.63, 3.8) is 0 Å². The number of fused-ring (bicyclic) bond motifs is 2. The summed E-state index contributed by atoms with van der Waals surface area (Å²) in [6.07, 6.45) is 0.353. The number of anilines is 2. The topological polar surface area (TPSA) is 143 Å². The average Bonchev–Trinajstić information content (AvgIpc) is 3.69. The average molecular weight is 745 g/mol. The van der Waals surface area contributed by atoms with Crippen molar-refractivity contribution in [2.75, 3.05) is 23.7 Å². The number of amides is 4. The number of nitrogens with zero attached hydrogens (tertiary/aromatic N) is 4. The highest BCUT2D eigenvalue weighted by Crippen LogP contribution is 2.35. The molecule has 2 N–H and O–H groups in total. The van der Waals surface area contributed by atoms with E-state index in [1.165, 1.54) is 22.7 Å². The molecule has 4 amide bonds. The van der Waals surface area contributed by atoms with E-state index in [-0.39, 0.29) is 24.0 Å². The van der Waals surface area contributed by atoms with Crippen LogP contribution in [0.25, 0.3) is 11.1 Å². The van der Waals surface area contributed by atoms with Gasteiger partial charge in [0.2, 0.25) is 0 Å². The number of hydrogen-bond acceptors (Lipinski definition) is 10. The lowest BCUT2D eigenvalue weighted by molar-refractivity contribution is 0.0215. The Bertz CT molecular complexity index is 1910. The molecule has 0 atom stereocenters. The molecule has 12 nitrogen and oxygen atoms in total. The van der Waals surface area contributed by atoms with Gasteiger partial charge in [0, 0.05) is 47.1 Å². The van der Waals surface area contributed by atoms with E-state index >= 15 is 0 Å². The van der Waals surface area contributed by atoms with E-state index in [4.69, 9.17) is 9.47 Å². The molecular formula is C38H44N6O6S2. The van der Waals surface area contributed by atoms with Crippen LogP contribution in [0.3, 0.4) is 0 Å². The van der Waals surface area contributed by atoms with Gasteiger partial charge in [0.1, 0.15) is 11.2 Å². The number of nitrogens with one attached hydrogen (secondary N) is 2. The SMILES string of the molecule is Cc1c(NC(=O)c2nc3c(s2)CN(C(=O)OC(C)(C)C)CC3)cccc1-c1cccc(NC(=O)c2nc3c(s2)CN(C(=O)OC(C)(C)C)CC3)c1C. The van der Waals surface area contributed by atoms with Crippen molar-refractivity contribution in [1.29, 1.82) is 0 Å². The first-order valence-electron chi connectivity index (χ1n) is 17.2. The van der Waals surface area contributed by atoms with E-state index in [1.807, 2.05) is 91.8 Å². The quantitative estimate of drug-likeness (QED) is 0.210. The first kappa shape index (κ1) is 37.0. The Morgan fingerprint density at radius 3 is 1.40 bits per heavy atom. The fourth-order valence-electron chi connectivity index (χ4n) is 6.03. The number of carbonyl (C=O) groups excluding carboxylic acids is 4. The molecule has 0 unspecified atom stereocenters. The molecular weight excluding hydrogens is 701 g/mol. The van der Waals surface area contributed by atoms with Crippen LogP contribution in [0, 0.1) is 13.8 Å². The zero-order valence-corrected chi connectivity index (χ0v) is 32.4. The molecule has 2 aromatic heterocycles. The van der Waals surface area contributed by atoms with Gasteiger partial charge in [0.05, 0.1) is 24.5 Å². The van der Waals surface area contributed by atoms with Crippen molar-refractivity contribution < 1.29 is 28.7 Å². The summed E-state index contributed by atoms with van der Waals surface area (Å²) in [6, 6.07) is 11.4. The Morgan fingerprint density at radius 2 is 1.04 bits per heavy atom. The molecule has 0 saturated heterocycles. The lowest BCUT2D eigenvalue weighted by atomic mass is 9.94. The van der Waals surface area contributed by atoms with Crippen molar-refractivity contribution in [2.24, 2.45) is 0 Å². The molecule has 2 aliphatic rings. The van der Waals surface area contributed by atoms with Crippen LogP contribution in [0.15, 0.2) is 36.4 Å². The summed E-state index contributed by atoms with van der Waals surface area (Å²) in [5, 5.41) is 6.75. The molecule has 0 saturated carbocycles. The standard InChI is InChI=1S/C38H44N6O6S2/c1-21-23(11-9-13-25(21)39-31(45)33-41-27-15-17-43(19-29(27)51-33)35(47)49-37(3,4)5)24-12-10-14-26(22(24)2)40-32(46)34-42-28-16-18-44(20-30(28)52-34)36(48)50-38(6,7)8/h9-14H,15-20H2,1-8H3,(H,39,45)(H,40,46). The summed E-state index contributed by atoms with van der Waals surface area (Å²) in [7, 11) is 0. The number of carbonyl (C=O) groups is 4. The van der Waals surface area contributed by atoms with Gasteiger partial charge in [-0.05, 0) is 89.8 Å². The van der Waals surface area contributed by atoms with Gasteiger partial charge in [-0.1, -0.05) is 24.3 Å². The minimum absolute atomic E-state index is 0.318. The monoisotopic (exact) mass is 744 g/mol. The van der Waals surface area contributed by atoms with Gasteiger partial charge >= 0.3 is 12.2 Å². The van der Waals surface area contributed by atoms with Crippen LogP contribution in [-0.4, -0.2) is 68.1 Å². The number of ether oxygens (including phenoxy) is 2. The van der Waals surface area contributed by atoms with E-state index in [0.717, 1.165) is 43.4 Å². The second-order valence-electron chi connectivity index (χ2n) is 14.9. The third-order valence-corrected chi connectivity index (χ3v) is 10.8. The van der Waals surface area contributed by atoms with Crippen LogP contribution >= 0.6 is 22.7 Å². The normalized spacial score (nSPS) is 14.3. The molecule has 52 heavy (non-hydrogen) atoms. The number of aromatic nitrogens is 2. The predicted octanol–water partition coefficient (Wildman–Crippen LogP) is 7.97.